The Morgan fingerprint density at radius 3 is 2.64 bits per heavy atom. The Morgan fingerprint density at radius 1 is 1.55 bits per heavy atom. The highest BCUT2D eigenvalue weighted by Gasteiger charge is 2.03. The summed E-state index contributed by atoms with van der Waals surface area (Å²) in [7, 11) is -1.06. The molecule has 1 aromatic rings. The third kappa shape index (κ3) is 2.10. The monoisotopic (exact) mass is 236 g/mol. The summed E-state index contributed by atoms with van der Waals surface area (Å²) in [6, 6.07) is 4.10. The quantitative estimate of drug-likeness (QED) is 0.732. The normalized spacial score (nSPS) is 13.0. The molecule has 0 aliphatic heterocycles. The van der Waals surface area contributed by atoms with Gasteiger partial charge in [-0.2, -0.15) is 0 Å². The molecular weight excluding hydrogens is 231 g/mol. The molecule has 11 heavy (non-hydrogen) atoms. The number of hydrogen-bond acceptors (Lipinski definition) is 1. The average molecular weight is 237 g/mol. The maximum absolute atomic E-state index is 12.5. The highest BCUT2D eigenvalue weighted by atomic mass is 79.9. The molecular formula is C7H6BrFOS. The highest BCUT2D eigenvalue weighted by Crippen LogP contribution is 2.20. The summed E-state index contributed by atoms with van der Waals surface area (Å²) in [4.78, 5) is 0.617. The summed E-state index contributed by atoms with van der Waals surface area (Å²) in [5.41, 5.74) is 0. The molecule has 0 spiro atoms. The lowest BCUT2D eigenvalue weighted by atomic mass is 10.3. The van der Waals surface area contributed by atoms with E-state index in [1.165, 1.54) is 18.2 Å². The van der Waals surface area contributed by atoms with Gasteiger partial charge in [-0.25, -0.2) is 4.39 Å². The van der Waals surface area contributed by atoms with Gasteiger partial charge < -0.3 is 0 Å². The van der Waals surface area contributed by atoms with E-state index in [1.807, 2.05) is 0 Å². The molecule has 0 heterocycles. The van der Waals surface area contributed by atoms with E-state index in [2.05, 4.69) is 15.9 Å². The average Bonchev–Trinajstić information content (AvgIpc) is 1.85. The van der Waals surface area contributed by atoms with Crippen LogP contribution in [-0.2, 0) is 10.8 Å². The van der Waals surface area contributed by atoms with Crippen molar-refractivity contribution in [1.29, 1.82) is 0 Å². The van der Waals surface area contributed by atoms with Crippen molar-refractivity contribution in [1.82, 2.24) is 0 Å². The van der Waals surface area contributed by atoms with E-state index >= 15 is 0 Å². The smallest absolute Gasteiger partial charge is 0.124 e. The third-order valence-electron chi connectivity index (χ3n) is 1.20. The van der Waals surface area contributed by atoms with E-state index in [4.69, 9.17) is 0 Å². The maximum Gasteiger partial charge on any atom is 0.124 e. The molecule has 0 saturated heterocycles. The molecule has 0 aromatic heterocycles. The van der Waals surface area contributed by atoms with Crippen LogP contribution in [0.4, 0.5) is 4.39 Å². The number of benzene rings is 1. The lowest BCUT2D eigenvalue weighted by Gasteiger charge is -1.98. The van der Waals surface area contributed by atoms with Gasteiger partial charge in [0.05, 0.1) is 15.7 Å². The van der Waals surface area contributed by atoms with Crippen molar-refractivity contribution in [3.05, 3.63) is 28.5 Å². The lowest BCUT2D eigenvalue weighted by Crippen LogP contribution is -1.89. The Labute approximate surface area is 75.2 Å². The van der Waals surface area contributed by atoms with Crippen molar-refractivity contribution in [2.45, 2.75) is 4.90 Å². The van der Waals surface area contributed by atoms with Crippen molar-refractivity contribution >= 4 is 26.7 Å². The van der Waals surface area contributed by atoms with Crippen molar-refractivity contribution in [3.63, 3.8) is 0 Å². The molecule has 0 aliphatic carbocycles. The minimum absolute atomic E-state index is 0.328. The molecule has 0 bridgehead atoms. The Morgan fingerprint density at radius 2 is 2.18 bits per heavy atom. The van der Waals surface area contributed by atoms with Crippen LogP contribution in [0.3, 0.4) is 0 Å². The Kier molecular flexibility index (Phi) is 2.78. The molecule has 0 saturated carbocycles. The van der Waals surface area contributed by atoms with Crippen LogP contribution in [0.5, 0.6) is 0 Å². The highest BCUT2D eigenvalue weighted by molar-refractivity contribution is 9.10. The van der Waals surface area contributed by atoms with Gasteiger partial charge in [-0.3, -0.25) is 4.21 Å². The molecule has 1 nitrogen and oxygen atoms in total. The first-order valence-corrected chi connectivity index (χ1v) is 5.25. The second kappa shape index (κ2) is 3.45. The van der Waals surface area contributed by atoms with Crippen LogP contribution in [0.15, 0.2) is 27.6 Å². The largest absolute Gasteiger partial charge is 0.255 e. The van der Waals surface area contributed by atoms with E-state index in [1.54, 1.807) is 6.26 Å². The minimum atomic E-state index is -1.06. The molecule has 0 amide bonds. The number of halogens is 2. The zero-order chi connectivity index (χ0) is 8.43. The van der Waals surface area contributed by atoms with Crippen LogP contribution in [0.1, 0.15) is 0 Å². The topological polar surface area (TPSA) is 17.1 Å². The fourth-order valence-electron chi connectivity index (χ4n) is 0.708. The molecule has 0 fully saturated rings. The van der Waals surface area contributed by atoms with Crippen molar-refractivity contribution in [2.24, 2.45) is 0 Å². The van der Waals surface area contributed by atoms with Crippen molar-refractivity contribution in [2.75, 3.05) is 6.26 Å². The zero-order valence-electron chi connectivity index (χ0n) is 5.80. The second-order valence-corrected chi connectivity index (χ2v) is 4.23. The Balaban J connectivity index is 3.20. The van der Waals surface area contributed by atoms with Gasteiger partial charge >= 0.3 is 0 Å². The van der Waals surface area contributed by atoms with Crippen LogP contribution in [0, 0.1) is 5.82 Å². The maximum atomic E-state index is 12.5. The predicted molar refractivity (Wildman–Crippen MR) is 46.4 cm³/mol. The van der Waals surface area contributed by atoms with Gasteiger partial charge in [0.2, 0.25) is 0 Å². The van der Waals surface area contributed by atoms with Gasteiger partial charge in [0.15, 0.2) is 0 Å². The summed E-state index contributed by atoms with van der Waals surface area (Å²) < 4.78 is 24.0. The Hall–Kier alpha value is -0.220. The minimum Gasteiger partial charge on any atom is -0.255 e. The van der Waals surface area contributed by atoms with Crippen molar-refractivity contribution in [3.8, 4) is 0 Å². The third-order valence-corrected chi connectivity index (χ3v) is 3.10. The van der Waals surface area contributed by atoms with E-state index in [0.29, 0.717) is 9.37 Å². The fraction of sp³-hybridized carbons (Fsp3) is 0.143. The Bertz CT molecular complexity index is 300. The lowest BCUT2D eigenvalue weighted by molar-refractivity contribution is 0.625. The van der Waals surface area contributed by atoms with Gasteiger partial charge in [-0.05, 0) is 34.1 Å². The second-order valence-electron chi connectivity index (χ2n) is 2.03. The van der Waals surface area contributed by atoms with E-state index < -0.39 is 10.8 Å². The molecule has 60 valence electrons. The summed E-state index contributed by atoms with van der Waals surface area (Å²) >= 11 is 3.11. The van der Waals surface area contributed by atoms with Crippen LogP contribution in [0.2, 0.25) is 0 Å². The van der Waals surface area contributed by atoms with Crippen LogP contribution in [0.25, 0.3) is 0 Å². The summed E-state index contributed by atoms with van der Waals surface area (Å²) in [6.45, 7) is 0. The van der Waals surface area contributed by atoms with Gasteiger partial charge in [0, 0.05) is 10.7 Å². The summed E-state index contributed by atoms with van der Waals surface area (Å²) in [5.74, 6) is -0.328. The van der Waals surface area contributed by atoms with Crippen LogP contribution >= 0.6 is 15.9 Å². The van der Waals surface area contributed by atoms with Crippen LogP contribution < -0.4 is 0 Å². The standard InChI is InChI=1S/C7H6BrFOS/c1-11(10)7-3-2-5(9)4-6(7)8/h2-4H,1H3. The molecule has 4 heteroatoms. The first-order chi connectivity index (χ1) is 5.11. The number of rotatable bonds is 1. The predicted octanol–water partition coefficient (Wildman–Crippen LogP) is 2.33. The van der Waals surface area contributed by atoms with E-state index in [-0.39, 0.29) is 5.82 Å². The van der Waals surface area contributed by atoms with Crippen molar-refractivity contribution < 1.29 is 8.60 Å². The fourth-order valence-corrected chi connectivity index (χ4v) is 2.34. The molecule has 0 radical (unpaired) electrons. The van der Waals surface area contributed by atoms with Gasteiger partial charge in [0.1, 0.15) is 5.82 Å². The molecule has 0 aliphatic rings. The van der Waals surface area contributed by atoms with Gasteiger partial charge in [0.25, 0.3) is 0 Å². The molecule has 1 unspecified atom stereocenters. The molecule has 0 N–H and O–H groups in total. The molecule has 1 atom stereocenters. The van der Waals surface area contributed by atoms with Crippen LogP contribution in [-0.4, -0.2) is 10.5 Å². The molecule has 1 aromatic carbocycles. The van der Waals surface area contributed by atoms with Gasteiger partial charge in [-0.1, -0.05) is 0 Å². The first kappa shape index (κ1) is 8.87. The van der Waals surface area contributed by atoms with E-state index in [0.717, 1.165) is 0 Å². The molecule has 1 rings (SSSR count). The summed E-state index contributed by atoms with van der Waals surface area (Å²) in [6.07, 6.45) is 1.55. The first-order valence-electron chi connectivity index (χ1n) is 2.90. The van der Waals surface area contributed by atoms with Gasteiger partial charge in [-0.15, -0.1) is 0 Å². The summed E-state index contributed by atoms with van der Waals surface area (Å²) in [5, 5.41) is 0. The SMILES string of the molecule is CS(=O)c1ccc(F)cc1Br. The number of hydrogen-bond donors (Lipinski definition) is 0. The van der Waals surface area contributed by atoms with E-state index in [9.17, 15) is 8.60 Å². The zero-order valence-corrected chi connectivity index (χ0v) is 8.21.